The summed E-state index contributed by atoms with van der Waals surface area (Å²) in [6.07, 6.45) is 3.18. The monoisotopic (exact) mass is 454 g/mol. The molecule has 1 aromatic carbocycles. The number of carbonyl (C=O) groups excluding carboxylic acids is 1. The Morgan fingerprint density at radius 1 is 1.21 bits per heavy atom. The number of nitrogens with one attached hydrogen (secondary N) is 1. The van der Waals surface area contributed by atoms with Gasteiger partial charge in [-0.05, 0) is 35.7 Å². The van der Waals surface area contributed by atoms with Crippen molar-refractivity contribution in [1.29, 1.82) is 0 Å². The number of methoxy groups -OCH3 is 1. The highest BCUT2D eigenvalue weighted by Gasteiger charge is 2.18. The van der Waals surface area contributed by atoms with Gasteiger partial charge in [0.25, 0.3) is 5.56 Å². The molecule has 33 heavy (non-hydrogen) atoms. The van der Waals surface area contributed by atoms with E-state index in [1.165, 1.54) is 10.7 Å². The van der Waals surface area contributed by atoms with Crippen LogP contribution in [0.4, 0.5) is 0 Å². The minimum atomic E-state index is -0.661. The second kappa shape index (κ2) is 9.43. The number of aromatic amines is 1. The highest BCUT2D eigenvalue weighted by Crippen LogP contribution is 2.21. The minimum Gasteiger partial charge on any atom is -0.497 e. The number of imidazole rings is 2. The number of benzene rings is 1. The zero-order valence-electron chi connectivity index (χ0n) is 18.6. The SMILES string of the molecule is COc1ccc(-c2cn3c(=O)c4ncn(COCCOC(=O)[C@H](N)C(C)C)c4nc3[nH]2)cc1. The van der Waals surface area contributed by atoms with Crippen LogP contribution in [0.3, 0.4) is 0 Å². The van der Waals surface area contributed by atoms with E-state index in [0.717, 1.165) is 17.0 Å². The Balaban J connectivity index is 1.47. The fraction of sp³-hybridized carbons (Fsp3) is 0.364. The van der Waals surface area contributed by atoms with Gasteiger partial charge in [0, 0.05) is 6.20 Å². The molecule has 11 nitrogen and oxygen atoms in total. The fourth-order valence-electron chi connectivity index (χ4n) is 3.24. The molecular formula is C22H26N6O5. The molecule has 3 N–H and O–H groups in total. The van der Waals surface area contributed by atoms with Crippen molar-refractivity contribution >= 4 is 22.9 Å². The van der Waals surface area contributed by atoms with Crippen LogP contribution in [0.15, 0.2) is 41.6 Å². The molecule has 0 bridgehead atoms. The molecule has 0 fully saturated rings. The molecule has 174 valence electrons. The molecule has 1 atom stereocenters. The number of esters is 1. The van der Waals surface area contributed by atoms with Crippen LogP contribution in [-0.2, 0) is 21.0 Å². The van der Waals surface area contributed by atoms with E-state index < -0.39 is 12.0 Å². The van der Waals surface area contributed by atoms with Crippen molar-refractivity contribution in [3.63, 3.8) is 0 Å². The molecule has 4 aromatic rings. The summed E-state index contributed by atoms with van der Waals surface area (Å²) in [6, 6.07) is 6.80. The van der Waals surface area contributed by atoms with Crippen LogP contribution in [-0.4, -0.2) is 56.3 Å². The highest BCUT2D eigenvalue weighted by atomic mass is 16.6. The number of aromatic nitrogens is 5. The quantitative estimate of drug-likeness (QED) is 0.287. The second-order valence-corrected chi connectivity index (χ2v) is 7.87. The summed E-state index contributed by atoms with van der Waals surface area (Å²) in [7, 11) is 1.60. The molecule has 0 aliphatic rings. The number of nitrogens with zero attached hydrogens (tertiary/aromatic N) is 4. The van der Waals surface area contributed by atoms with Crippen molar-refractivity contribution in [1.82, 2.24) is 23.9 Å². The number of rotatable bonds is 9. The van der Waals surface area contributed by atoms with Crippen LogP contribution >= 0.6 is 0 Å². The summed E-state index contributed by atoms with van der Waals surface area (Å²) >= 11 is 0. The number of fused-ring (bicyclic) bond motifs is 2. The molecule has 4 rings (SSSR count). The van der Waals surface area contributed by atoms with Crippen LogP contribution in [0.5, 0.6) is 5.75 Å². The van der Waals surface area contributed by atoms with Gasteiger partial charge in [0.1, 0.15) is 25.1 Å². The molecule has 3 aromatic heterocycles. The van der Waals surface area contributed by atoms with Gasteiger partial charge < -0.3 is 24.9 Å². The summed E-state index contributed by atoms with van der Waals surface area (Å²) in [4.78, 5) is 36.6. The number of carbonyl (C=O) groups is 1. The normalized spacial score (nSPS) is 12.5. The smallest absolute Gasteiger partial charge is 0.323 e. The van der Waals surface area contributed by atoms with Gasteiger partial charge in [-0.25, -0.2) is 9.38 Å². The highest BCUT2D eigenvalue weighted by molar-refractivity contribution is 5.75. The molecule has 0 unspecified atom stereocenters. The van der Waals surface area contributed by atoms with Gasteiger partial charge in [-0.15, -0.1) is 0 Å². The molecule has 0 aliphatic carbocycles. The van der Waals surface area contributed by atoms with Crippen molar-refractivity contribution in [3.05, 3.63) is 47.1 Å². The molecule has 11 heteroatoms. The first kappa shape index (κ1) is 22.5. The lowest BCUT2D eigenvalue weighted by Crippen LogP contribution is -2.37. The van der Waals surface area contributed by atoms with Crippen molar-refractivity contribution in [3.8, 4) is 17.0 Å². The lowest BCUT2D eigenvalue weighted by atomic mass is 10.1. The lowest BCUT2D eigenvalue weighted by Gasteiger charge is -2.14. The van der Waals surface area contributed by atoms with Crippen LogP contribution in [0.2, 0.25) is 0 Å². The largest absolute Gasteiger partial charge is 0.497 e. The Kier molecular flexibility index (Phi) is 6.43. The average Bonchev–Trinajstić information content (AvgIpc) is 3.43. The zero-order valence-corrected chi connectivity index (χ0v) is 18.6. The first-order valence-electron chi connectivity index (χ1n) is 10.5. The van der Waals surface area contributed by atoms with Crippen molar-refractivity contribution < 1.29 is 19.0 Å². The number of H-pyrrole nitrogens is 1. The third-order valence-electron chi connectivity index (χ3n) is 5.27. The summed E-state index contributed by atoms with van der Waals surface area (Å²) in [6.45, 7) is 4.04. The molecule has 0 radical (unpaired) electrons. The van der Waals surface area contributed by atoms with E-state index in [1.54, 1.807) is 17.9 Å². The molecule has 0 amide bonds. The Morgan fingerprint density at radius 3 is 2.67 bits per heavy atom. The predicted molar refractivity (Wildman–Crippen MR) is 121 cm³/mol. The first-order valence-corrected chi connectivity index (χ1v) is 10.5. The number of nitrogens with two attached hydrogens (primary N) is 1. The molecule has 0 saturated heterocycles. The zero-order chi connectivity index (χ0) is 23.5. The van der Waals surface area contributed by atoms with Gasteiger partial charge in [0.05, 0.1) is 25.7 Å². The van der Waals surface area contributed by atoms with Gasteiger partial charge >= 0.3 is 5.97 Å². The standard InChI is InChI=1S/C22H26N6O5/c1-13(2)17(23)21(30)33-9-8-32-12-27-11-24-18-19(27)26-22-25-16(10-28(22)20(18)29)14-4-6-15(31-3)7-5-14/h4-7,10-11,13,17H,8-9,12,23H2,1-3H3,(H,25,26)/t17-/m1/s1. The Hall–Kier alpha value is -3.70. The fourth-order valence-corrected chi connectivity index (χ4v) is 3.24. The van der Waals surface area contributed by atoms with E-state index in [9.17, 15) is 9.59 Å². The summed E-state index contributed by atoms with van der Waals surface area (Å²) in [5.74, 6) is 0.664. The average molecular weight is 454 g/mol. The Morgan fingerprint density at radius 2 is 1.97 bits per heavy atom. The third-order valence-corrected chi connectivity index (χ3v) is 5.27. The van der Waals surface area contributed by atoms with E-state index in [1.807, 2.05) is 38.1 Å². The predicted octanol–water partition coefficient (Wildman–Crippen LogP) is 1.55. The van der Waals surface area contributed by atoms with Crippen LogP contribution < -0.4 is 16.0 Å². The lowest BCUT2D eigenvalue weighted by molar-refractivity contribution is -0.148. The first-order chi connectivity index (χ1) is 15.9. The minimum absolute atomic E-state index is 0.00368. The molecular weight excluding hydrogens is 428 g/mol. The summed E-state index contributed by atoms with van der Waals surface area (Å²) in [5.41, 5.74) is 7.70. The van der Waals surface area contributed by atoms with Gasteiger partial charge in [-0.1, -0.05) is 13.8 Å². The summed E-state index contributed by atoms with van der Waals surface area (Å²) < 4.78 is 18.9. The maximum Gasteiger partial charge on any atom is 0.323 e. The second-order valence-electron chi connectivity index (χ2n) is 7.87. The van der Waals surface area contributed by atoms with E-state index in [0.29, 0.717) is 11.4 Å². The van der Waals surface area contributed by atoms with Crippen LogP contribution in [0.1, 0.15) is 13.8 Å². The van der Waals surface area contributed by atoms with E-state index >= 15 is 0 Å². The van der Waals surface area contributed by atoms with Crippen molar-refractivity contribution in [2.45, 2.75) is 26.6 Å². The van der Waals surface area contributed by atoms with Crippen LogP contribution in [0.25, 0.3) is 28.2 Å². The van der Waals surface area contributed by atoms with Crippen LogP contribution in [0, 0.1) is 5.92 Å². The maximum atomic E-state index is 12.9. The molecule has 0 spiro atoms. The van der Waals surface area contributed by atoms with Gasteiger partial charge in [0.15, 0.2) is 11.2 Å². The van der Waals surface area contributed by atoms with Gasteiger partial charge in [0.2, 0.25) is 5.78 Å². The Bertz CT molecular complexity index is 1320. The molecule has 0 aliphatic heterocycles. The van der Waals surface area contributed by atoms with E-state index in [-0.39, 0.29) is 36.9 Å². The summed E-state index contributed by atoms with van der Waals surface area (Å²) in [5, 5.41) is 0. The number of hydrogen-bond donors (Lipinski definition) is 2. The van der Waals surface area contributed by atoms with Gasteiger partial charge in [-0.2, -0.15) is 4.98 Å². The van der Waals surface area contributed by atoms with E-state index in [2.05, 4.69) is 15.0 Å². The Labute approximate surface area is 189 Å². The topological polar surface area (TPSA) is 139 Å². The molecule has 3 heterocycles. The van der Waals surface area contributed by atoms with Gasteiger partial charge in [-0.3, -0.25) is 14.2 Å². The molecule has 0 saturated carbocycles. The van der Waals surface area contributed by atoms with Crippen molar-refractivity contribution in [2.75, 3.05) is 20.3 Å². The van der Waals surface area contributed by atoms with E-state index in [4.69, 9.17) is 19.9 Å². The third kappa shape index (κ3) is 4.59. The number of hydrogen-bond acceptors (Lipinski definition) is 8. The maximum absolute atomic E-state index is 12.9. The number of ether oxygens (including phenoxy) is 3. The van der Waals surface area contributed by atoms with Crippen molar-refractivity contribution in [2.24, 2.45) is 11.7 Å².